The van der Waals surface area contributed by atoms with E-state index in [0.717, 1.165) is 44.5 Å². The molecule has 2 amide bonds. The molecule has 0 heterocycles. The molecule has 0 radical (unpaired) electrons. The molecule has 4 nitrogen and oxygen atoms in total. The second kappa shape index (κ2) is 16.2. The molecule has 0 saturated heterocycles. The van der Waals surface area contributed by atoms with E-state index in [-0.39, 0.29) is 46.3 Å². The Morgan fingerprint density at radius 3 is 1.17 bits per heavy atom. The van der Waals surface area contributed by atoms with Crippen molar-refractivity contribution in [2.24, 2.45) is 10.8 Å². The number of amides is 2. The summed E-state index contributed by atoms with van der Waals surface area (Å²) in [5, 5.41) is 6.66. The zero-order valence-corrected chi connectivity index (χ0v) is 43.6. The van der Waals surface area contributed by atoms with Crippen molar-refractivity contribution < 1.29 is 25.5 Å². The van der Waals surface area contributed by atoms with Gasteiger partial charge in [0.25, 0.3) is 0 Å². The third kappa shape index (κ3) is 8.24. The van der Waals surface area contributed by atoms with Gasteiger partial charge in [-0.2, -0.15) is 0 Å². The first-order chi connectivity index (χ1) is 27.7. The van der Waals surface area contributed by atoms with E-state index in [1.54, 1.807) is 0 Å². The molecule has 0 saturated carbocycles. The summed E-state index contributed by atoms with van der Waals surface area (Å²) < 4.78 is -1.95. The van der Waals surface area contributed by atoms with Crippen LogP contribution in [0.3, 0.4) is 0 Å². The number of allylic oxidation sites excluding steroid dienone is 2. The molecule has 0 fully saturated rings. The van der Waals surface area contributed by atoms with Gasteiger partial charge in [0.2, 0.25) is 0 Å². The molecule has 2 aliphatic rings. The van der Waals surface area contributed by atoms with Gasteiger partial charge in [0.05, 0.1) is 0 Å². The summed E-state index contributed by atoms with van der Waals surface area (Å²) in [4.78, 5) is 27.9. The second-order valence-corrected chi connectivity index (χ2v) is 51.7. The van der Waals surface area contributed by atoms with Crippen LogP contribution < -0.4 is 10.5 Å². The van der Waals surface area contributed by atoms with Crippen LogP contribution in [0.5, 0.6) is 0 Å². The summed E-state index contributed by atoms with van der Waals surface area (Å²) in [6.07, 6.45) is 5.13. The predicted octanol–water partition coefficient (Wildman–Crippen LogP) is 14.3. The first-order valence-corrected chi connectivity index (χ1v) is 36.9. The molecule has 6 rings (SSSR count). The average molecular weight is 1010 g/mol. The first-order valence-electron chi connectivity index (χ1n) is 21.8. The third-order valence-corrected chi connectivity index (χ3v) is 40.9. The van der Waals surface area contributed by atoms with E-state index >= 15 is 0 Å². The summed E-state index contributed by atoms with van der Waals surface area (Å²) in [5.41, 5.74) is 12.7. The maximum absolute atomic E-state index is 13.9. The number of nitrogens with one attached hydrogen (secondary N) is 2. The van der Waals surface area contributed by atoms with Crippen LogP contribution in [0.2, 0.25) is 0 Å². The summed E-state index contributed by atoms with van der Waals surface area (Å²) in [7, 11) is 18.2. The number of benzene rings is 4. The Morgan fingerprint density at radius 1 is 0.517 bits per heavy atom. The Kier molecular flexibility index (Phi) is 12.5. The number of halogens is 2. The van der Waals surface area contributed by atoms with Crippen LogP contribution in [0, 0.1) is 10.8 Å². The fourth-order valence-corrected chi connectivity index (χ4v) is 40.1. The molecule has 0 aromatic heterocycles. The van der Waals surface area contributed by atoms with Crippen molar-refractivity contribution in [1.29, 1.82) is 0 Å². The zero-order chi connectivity index (χ0) is 44.4. The monoisotopic (exact) mass is 1010 g/mol. The van der Waals surface area contributed by atoms with E-state index < -0.39 is 27.8 Å². The number of hydrogen-bond donors (Lipinski definition) is 2. The average Bonchev–Trinajstić information content (AvgIpc) is 3.79. The van der Waals surface area contributed by atoms with Gasteiger partial charge < -0.3 is 0 Å². The van der Waals surface area contributed by atoms with E-state index in [4.69, 9.17) is 17.2 Å². The van der Waals surface area contributed by atoms with E-state index in [2.05, 4.69) is 191 Å². The number of rotatable bonds is 9. The number of carbonyl (C=O) groups is 2. The van der Waals surface area contributed by atoms with Crippen molar-refractivity contribution in [3.8, 4) is 22.3 Å². The Hall–Kier alpha value is -3.18. The molecule has 0 spiro atoms. The Morgan fingerprint density at radius 2 is 0.850 bits per heavy atom. The van der Waals surface area contributed by atoms with Crippen molar-refractivity contribution >= 4 is 45.7 Å². The normalized spacial score (nSPS) is 17.5. The molecule has 8 heteroatoms. The Balaban J connectivity index is 1.78. The molecule has 317 valence electrons. The molecule has 2 atom stereocenters. The number of carbonyl (C=O) groups excluding carboxylic acids is 2. The zero-order valence-electron chi connectivity index (χ0n) is 38.5. The summed E-state index contributed by atoms with van der Waals surface area (Å²) in [5.74, 6) is -0.416. The molecule has 0 aliphatic heterocycles. The van der Waals surface area contributed by atoms with Crippen LogP contribution in [0.4, 0.5) is 0 Å². The summed E-state index contributed by atoms with van der Waals surface area (Å²) >= 11 is -6.39. The molecule has 60 heavy (non-hydrogen) atoms. The van der Waals surface area contributed by atoms with Crippen LogP contribution >= 0.6 is 17.2 Å². The second-order valence-electron chi connectivity index (χ2n) is 21.3. The van der Waals surface area contributed by atoms with Crippen molar-refractivity contribution in [2.45, 2.75) is 128 Å². The van der Waals surface area contributed by atoms with Gasteiger partial charge in [0, 0.05) is 0 Å². The van der Waals surface area contributed by atoms with Crippen LogP contribution in [-0.2, 0) is 36.3 Å². The van der Waals surface area contributed by atoms with Gasteiger partial charge in [-0.3, -0.25) is 0 Å². The van der Waals surface area contributed by atoms with Crippen molar-refractivity contribution in [3.63, 3.8) is 0 Å². The quantitative estimate of drug-likeness (QED) is 0.164. The third-order valence-electron chi connectivity index (χ3n) is 12.8. The summed E-state index contributed by atoms with van der Waals surface area (Å²) in [6.45, 7) is 30.6. The van der Waals surface area contributed by atoms with E-state index in [1.807, 2.05) is 13.8 Å². The van der Waals surface area contributed by atoms with Crippen molar-refractivity contribution in [1.82, 2.24) is 10.5 Å². The van der Waals surface area contributed by atoms with Gasteiger partial charge in [0.1, 0.15) is 0 Å². The molecule has 2 unspecified atom stereocenters. The van der Waals surface area contributed by atoms with E-state index in [9.17, 15) is 9.59 Å². The molecular formula is C52H66BCl2HfN2O2. The Bertz CT molecular complexity index is 2240. The first kappa shape index (κ1) is 46.3. The van der Waals surface area contributed by atoms with Crippen molar-refractivity contribution in [3.05, 3.63) is 129 Å². The van der Waals surface area contributed by atoms with Crippen LogP contribution in [-0.4, -0.2) is 16.4 Å². The predicted molar refractivity (Wildman–Crippen MR) is 256 cm³/mol. The van der Waals surface area contributed by atoms with E-state index in [0.29, 0.717) is 0 Å². The Labute approximate surface area is 369 Å². The SMILES string of the molecule is CCC(=O)N[B](NC(=O)CC)[Hf]([Cl])([Cl])([CH]1C(C(C)(C)C)=Cc2c(-c3ccccc3C(C)(C)C)cccc21)[CH]1C(C(C)(C)C)=Cc2c(-c3ccccc3C(C)(C)C)cccc21. The fourth-order valence-electron chi connectivity index (χ4n) is 9.84. The molecular weight excluding hydrogens is 945 g/mol. The standard InChI is InChI=1S/2C23H27.C6H11BN2O2.2ClH.Hf/c2*1-22(2,3)17-14-16-10-9-12-18(20(16)15-17)19-11-7-8-13-21(19)23(4,5)6;1-3-5(10)8-7-9-6(11)4-2;;;/h2*7-15H,1-6H3;3-4H2,1-2H3,(H-,8,9,10,11);2*1H;/q;;;;;+1/p-1. The number of fused-ring (bicyclic) bond motifs is 2. The summed E-state index contributed by atoms with van der Waals surface area (Å²) in [6, 6.07) is 30.5. The van der Waals surface area contributed by atoms with Gasteiger partial charge in [-0.1, -0.05) is 0 Å². The van der Waals surface area contributed by atoms with Gasteiger partial charge in [0.15, 0.2) is 0 Å². The maximum atomic E-state index is 13.9. The fraction of sp³-hybridized carbons (Fsp3) is 0.423. The van der Waals surface area contributed by atoms with Gasteiger partial charge in [-0.05, 0) is 0 Å². The minimum absolute atomic E-state index is 0.110. The van der Waals surface area contributed by atoms with Crippen LogP contribution in [0.1, 0.15) is 151 Å². The van der Waals surface area contributed by atoms with Crippen molar-refractivity contribution in [2.75, 3.05) is 0 Å². The molecule has 2 N–H and O–H groups in total. The van der Waals surface area contributed by atoms with Gasteiger partial charge >= 0.3 is 372 Å². The minimum atomic E-state index is -6.39. The van der Waals surface area contributed by atoms with Gasteiger partial charge in [-0.15, -0.1) is 0 Å². The van der Waals surface area contributed by atoms with E-state index in [1.165, 1.54) is 22.3 Å². The van der Waals surface area contributed by atoms with Crippen LogP contribution in [0.15, 0.2) is 96.1 Å². The molecule has 4 aromatic rings. The van der Waals surface area contributed by atoms with Crippen LogP contribution in [0.25, 0.3) is 34.4 Å². The molecule has 4 aromatic carbocycles. The molecule has 0 bridgehead atoms. The molecule has 2 aliphatic carbocycles. The topological polar surface area (TPSA) is 58.2 Å². The number of hydrogen-bond acceptors (Lipinski definition) is 2. The van der Waals surface area contributed by atoms with Gasteiger partial charge in [-0.25, -0.2) is 0 Å².